The molecule has 0 amide bonds. The normalized spacial score (nSPS) is 26.5. The molecule has 1 aliphatic carbocycles. The molecule has 1 N–H and O–H groups in total. The Labute approximate surface area is 98.9 Å². The van der Waals surface area contributed by atoms with Crippen LogP contribution in [-0.2, 0) is 9.53 Å². The predicted octanol–water partition coefficient (Wildman–Crippen LogP) is 2.50. The monoisotopic (exact) mass is 227 g/mol. The third-order valence-electron chi connectivity index (χ3n) is 2.98. The molecule has 0 aromatic heterocycles. The highest BCUT2D eigenvalue weighted by molar-refractivity contribution is 5.72. The van der Waals surface area contributed by atoms with Crippen molar-refractivity contribution in [3.63, 3.8) is 0 Å². The van der Waals surface area contributed by atoms with Crippen molar-refractivity contribution < 1.29 is 9.53 Å². The fourth-order valence-corrected chi connectivity index (χ4v) is 2.35. The molecule has 0 unspecified atom stereocenters. The van der Waals surface area contributed by atoms with Crippen LogP contribution in [0.15, 0.2) is 0 Å². The molecule has 1 saturated carbocycles. The zero-order valence-corrected chi connectivity index (χ0v) is 11.0. The molecule has 0 saturated heterocycles. The molecule has 0 spiro atoms. The standard InChI is InChI=1S/C13H25NO2/c1-5-16-12(15)10-6-8-11(9-7-10)14-13(2,3)4/h10-11,14H,5-9H2,1-4H3. The van der Waals surface area contributed by atoms with Crippen molar-refractivity contribution in [1.82, 2.24) is 5.32 Å². The summed E-state index contributed by atoms with van der Waals surface area (Å²) >= 11 is 0. The summed E-state index contributed by atoms with van der Waals surface area (Å²) < 4.78 is 5.06. The molecule has 1 fully saturated rings. The van der Waals surface area contributed by atoms with Crippen LogP contribution < -0.4 is 5.32 Å². The van der Waals surface area contributed by atoms with Gasteiger partial charge in [0.15, 0.2) is 0 Å². The van der Waals surface area contributed by atoms with Gasteiger partial charge in [-0.2, -0.15) is 0 Å². The zero-order chi connectivity index (χ0) is 12.2. The topological polar surface area (TPSA) is 38.3 Å². The average molecular weight is 227 g/mol. The van der Waals surface area contributed by atoms with E-state index in [4.69, 9.17) is 4.74 Å². The maximum absolute atomic E-state index is 11.5. The Hall–Kier alpha value is -0.570. The highest BCUT2D eigenvalue weighted by Gasteiger charge is 2.28. The van der Waals surface area contributed by atoms with Gasteiger partial charge in [0.2, 0.25) is 0 Å². The minimum absolute atomic E-state index is 0.00305. The summed E-state index contributed by atoms with van der Waals surface area (Å²) in [5, 5.41) is 3.60. The molecule has 0 bridgehead atoms. The summed E-state index contributed by atoms with van der Waals surface area (Å²) in [7, 11) is 0. The quantitative estimate of drug-likeness (QED) is 0.753. The maximum Gasteiger partial charge on any atom is 0.308 e. The number of hydrogen-bond acceptors (Lipinski definition) is 3. The first-order valence-electron chi connectivity index (χ1n) is 6.36. The Balaban J connectivity index is 2.31. The Morgan fingerprint density at radius 1 is 1.25 bits per heavy atom. The van der Waals surface area contributed by atoms with Crippen molar-refractivity contribution in [2.24, 2.45) is 5.92 Å². The lowest BCUT2D eigenvalue weighted by Crippen LogP contribution is -2.45. The lowest BCUT2D eigenvalue weighted by atomic mass is 9.85. The highest BCUT2D eigenvalue weighted by Crippen LogP contribution is 2.26. The van der Waals surface area contributed by atoms with E-state index in [0.717, 1.165) is 25.7 Å². The number of ether oxygens (including phenoxy) is 1. The van der Waals surface area contributed by atoms with Crippen molar-refractivity contribution in [3.8, 4) is 0 Å². The zero-order valence-electron chi connectivity index (χ0n) is 11.0. The van der Waals surface area contributed by atoms with Crippen LogP contribution in [-0.4, -0.2) is 24.2 Å². The SMILES string of the molecule is CCOC(=O)C1CCC(NC(C)(C)C)CC1. The summed E-state index contributed by atoms with van der Waals surface area (Å²) in [5.74, 6) is 0.134. The first-order valence-corrected chi connectivity index (χ1v) is 6.36. The molecule has 0 aliphatic heterocycles. The molecule has 0 radical (unpaired) electrons. The molecule has 3 nitrogen and oxygen atoms in total. The smallest absolute Gasteiger partial charge is 0.308 e. The third kappa shape index (κ3) is 4.52. The van der Waals surface area contributed by atoms with E-state index in [9.17, 15) is 4.79 Å². The minimum Gasteiger partial charge on any atom is -0.466 e. The number of carbonyl (C=O) groups is 1. The molecule has 3 heteroatoms. The molecule has 94 valence electrons. The van der Waals surface area contributed by atoms with Gasteiger partial charge >= 0.3 is 5.97 Å². The summed E-state index contributed by atoms with van der Waals surface area (Å²) in [5.41, 5.74) is 0.168. The van der Waals surface area contributed by atoms with E-state index in [1.165, 1.54) is 0 Å². The molecule has 0 atom stereocenters. The van der Waals surface area contributed by atoms with Crippen LogP contribution in [0.2, 0.25) is 0 Å². The second-order valence-corrected chi connectivity index (χ2v) is 5.69. The van der Waals surface area contributed by atoms with Gasteiger partial charge in [0.25, 0.3) is 0 Å². The third-order valence-corrected chi connectivity index (χ3v) is 2.98. The van der Waals surface area contributed by atoms with Crippen molar-refractivity contribution >= 4 is 5.97 Å². The van der Waals surface area contributed by atoms with Crippen LogP contribution in [0.3, 0.4) is 0 Å². The van der Waals surface area contributed by atoms with Crippen LogP contribution in [0.1, 0.15) is 53.4 Å². The van der Waals surface area contributed by atoms with E-state index in [-0.39, 0.29) is 17.4 Å². The molecule has 1 aliphatic rings. The van der Waals surface area contributed by atoms with E-state index < -0.39 is 0 Å². The van der Waals surface area contributed by atoms with Crippen LogP contribution in [0, 0.1) is 5.92 Å². The van der Waals surface area contributed by atoms with E-state index in [0.29, 0.717) is 12.6 Å². The molecule has 0 aromatic rings. The molecular weight excluding hydrogens is 202 g/mol. The van der Waals surface area contributed by atoms with Gasteiger partial charge in [0.05, 0.1) is 12.5 Å². The first kappa shape index (κ1) is 13.5. The van der Waals surface area contributed by atoms with E-state index in [1.54, 1.807) is 0 Å². The van der Waals surface area contributed by atoms with Crippen molar-refractivity contribution in [3.05, 3.63) is 0 Å². The van der Waals surface area contributed by atoms with E-state index >= 15 is 0 Å². The van der Waals surface area contributed by atoms with Gasteiger partial charge in [0.1, 0.15) is 0 Å². The second-order valence-electron chi connectivity index (χ2n) is 5.69. The Morgan fingerprint density at radius 3 is 2.25 bits per heavy atom. The molecule has 16 heavy (non-hydrogen) atoms. The number of esters is 1. The van der Waals surface area contributed by atoms with Crippen LogP contribution in [0.25, 0.3) is 0 Å². The van der Waals surface area contributed by atoms with Gasteiger partial charge in [-0.1, -0.05) is 0 Å². The maximum atomic E-state index is 11.5. The molecule has 0 aromatic carbocycles. The predicted molar refractivity (Wildman–Crippen MR) is 65.3 cm³/mol. The average Bonchev–Trinajstić information content (AvgIpc) is 2.16. The van der Waals surface area contributed by atoms with Gasteiger partial charge in [-0.05, 0) is 53.4 Å². The number of rotatable bonds is 3. The summed E-state index contributed by atoms with van der Waals surface area (Å²) in [6, 6.07) is 0.561. The van der Waals surface area contributed by atoms with E-state index in [1.807, 2.05) is 6.92 Å². The fraction of sp³-hybridized carbons (Fsp3) is 0.923. The summed E-state index contributed by atoms with van der Waals surface area (Å²) in [6.45, 7) is 8.92. The highest BCUT2D eigenvalue weighted by atomic mass is 16.5. The Bertz CT molecular complexity index is 225. The van der Waals surface area contributed by atoms with Crippen LogP contribution in [0.5, 0.6) is 0 Å². The number of hydrogen-bond donors (Lipinski definition) is 1. The number of carbonyl (C=O) groups excluding carboxylic acids is 1. The van der Waals surface area contributed by atoms with Crippen molar-refractivity contribution in [1.29, 1.82) is 0 Å². The van der Waals surface area contributed by atoms with E-state index in [2.05, 4.69) is 26.1 Å². The Kier molecular flexibility index (Phi) is 4.78. The van der Waals surface area contributed by atoms with Gasteiger partial charge < -0.3 is 10.1 Å². The first-order chi connectivity index (χ1) is 7.42. The largest absolute Gasteiger partial charge is 0.466 e. The summed E-state index contributed by atoms with van der Waals surface area (Å²) in [6.07, 6.45) is 4.10. The molecule has 1 rings (SSSR count). The van der Waals surface area contributed by atoms with Crippen LogP contribution >= 0.6 is 0 Å². The van der Waals surface area contributed by atoms with Gasteiger partial charge in [-0.3, -0.25) is 4.79 Å². The van der Waals surface area contributed by atoms with Gasteiger partial charge in [-0.15, -0.1) is 0 Å². The lowest BCUT2D eigenvalue weighted by Gasteiger charge is -2.33. The van der Waals surface area contributed by atoms with Gasteiger partial charge in [0, 0.05) is 11.6 Å². The van der Waals surface area contributed by atoms with Crippen molar-refractivity contribution in [2.45, 2.75) is 65.0 Å². The second kappa shape index (κ2) is 5.67. The van der Waals surface area contributed by atoms with Crippen LogP contribution in [0.4, 0.5) is 0 Å². The lowest BCUT2D eigenvalue weighted by molar-refractivity contribution is -0.149. The fourth-order valence-electron chi connectivity index (χ4n) is 2.35. The van der Waals surface area contributed by atoms with Crippen molar-refractivity contribution in [2.75, 3.05) is 6.61 Å². The Morgan fingerprint density at radius 2 is 1.81 bits per heavy atom. The number of nitrogens with one attached hydrogen (secondary N) is 1. The van der Waals surface area contributed by atoms with Gasteiger partial charge in [-0.25, -0.2) is 0 Å². The summed E-state index contributed by atoms with van der Waals surface area (Å²) in [4.78, 5) is 11.5. The molecular formula is C13H25NO2. The molecule has 0 heterocycles. The minimum atomic E-state index is -0.00305.